The molecule has 1 aliphatic heterocycles. The molecule has 21 heavy (non-hydrogen) atoms. The van der Waals surface area contributed by atoms with E-state index in [1.165, 1.54) is 31.7 Å². The van der Waals surface area contributed by atoms with Crippen LogP contribution < -0.4 is 5.32 Å². The lowest BCUT2D eigenvalue weighted by molar-refractivity contribution is 0.136. The van der Waals surface area contributed by atoms with E-state index < -0.39 is 10.0 Å². The quantitative estimate of drug-likeness (QED) is 0.920. The van der Waals surface area contributed by atoms with Crippen LogP contribution in [0.1, 0.15) is 32.1 Å². The van der Waals surface area contributed by atoms with Crippen molar-refractivity contribution in [1.29, 1.82) is 0 Å². The molecule has 1 saturated heterocycles. The molecule has 7 heteroatoms. The molecule has 2 unspecified atom stereocenters. The van der Waals surface area contributed by atoms with Gasteiger partial charge in [-0.2, -0.15) is 4.31 Å². The van der Waals surface area contributed by atoms with Gasteiger partial charge in [-0.15, -0.1) is 0 Å². The summed E-state index contributed by atoms with van der Waals surface area (Å²) in [4.78, 5) is 8.21. The van der Waals surface area contributed by atoms with Crippen molar-refractivity contribution in [3.63, 3.8) is 0 Å². The van der Waals surface area contributed by atoms with Gasteiger partial charge < -0.3 is 5.32 Å². The smallest absolute Gasteiger partial charge is 0.246 e. The van der Waals surface area contributed by atoms with Gasteiger partial charge in [-0.1, -0.05) is 19.3 Å². The fourth-order valence-corrected chi connectivity index (χ4v) is 4.92. The molecular formula is C14H22N4O2S. The van der Waals surface area contributed by atoms with Crippen molar-refractivity contribution in [3.05, 3.63) is 12.4 Å². The lowest BCUT2D eigenvalue weighted by Crippen LogP contribution is -2.44. The number of hydrogen-bond donors (Lipinski definition) is 1. The molecule has 2 atom stereocenters. The van der Waals surface area contributed by atoms with Gasteiger partial charge in [0.1, 0.15) is 4.90 Å². The third-order valence-electron chi connectivity index (χ3n) is 4.74. The van der Waals surface area contributed by atoms with E-state index in [0.717, 1.165) is 12.8 Å². The van der Waals surface area contributed by atoms with Crippen LogP contribution in [0.2, 0.25) is 0 Å². The van der Waals surface area contributed by atoms with Crippen molar-refractivity contribution in [2.45, 2.75) is 37.0 Å². The Morgan fingerprint density at radius 2 is 1.81 bits per heavy atom. The molecule has 1 N–H and O–H groups in total. The number of nitrogens with zero attached hydrogens (tertiary/aromatic N) is 3. The first-order valence-corrected chi connectivity index (χ1v) is 9.05. The van der Waals surface area contributed by atoms with E-state index in [0.29, 0.717) is 30.9 Å². The molecule has 2 heterocycles. The van der Waals surface area contributed by atoms with Crippen LogP contribution in [0, 0.1) is 11.8 Å². The zero-order valence-corrected chi connectivity index (χ0v) is 13.1. The summed E-state index contributed by atoms with van der Waals surface area (Å²) >= 11 is 0. The van der Waals surface area contributed by atoms with Crippen molar-refractivity contribution in [2.24, 2.45) is 11.8 Å². The first kappa shape index (κ1) is 14.7. The Hall–Kier alpha value is -1.21. The van der Waals surface area contributed by atoms with E-state index in [1.54, 1.807) is 11.4 Å². The Morgan fingerprint density at radius 1 is 1.14 bits per heavy atom. The second-order valence-corrected chi connectivity index (χ2v) is 7.89. The van der Waals surface area contributed by atoms with Crippen LogP contribution in [0.5, 0.6) is 0 Å². The lowest BCUT2D eigenvalue weighted by atomic mass is 9.76. The predicted octanol–water partition coefficient (Wildman–Crippen LogP) is 1.72. The zero-order valence-electron chi connectivity index (χ0n) is 12.3. The molecule has 1 aromatic rings. The van der Waals surface area contributed by atoms with Gasteiger partial charge in [0.15, 0.2) is 0 Å². The summed E-state index contributed by atoms with van der Waals surface area (Å²) in [5, 5.41) is 2.79. The first-order valence-electron chi connectivity index (χ1n) is 7.61. The summed E-state index contributed by atoms with van der Waals surface area (Å²) in [6.07, 6.45) is 8.72. The SMILES string of the molecule is CNc1ncc(S(=O)(=O)N2CCC3CCCCC3C2)cn1. The molecule has 0 bridgehead atoms. The monoisotopic (exact) mass is 310 g/mol. The van der Waals surface area contributed by atoms with Gasteiger partial charge in [0.25, 0.3) is 0 Å². The maximum atomic E-state index is 12.7. The number of hydrogen-bond acceptors (Lipinski definition) is 5. The number of aromatic nitrogens is 2. The summed E-state index contributed by atoms with van der Waals surface area (Å²) in [6, 6.07) is 0. The minimum Gasteiger partial charge on any atom is -0.357 e. The van der Waals surface area contributed by atoms with Crippen molar-refractivity contribution in [2.75, 3.05) is 25.5 Å². The molecule has 1 aliphatic carbocycles. The van der Waals surface area contributed by atoms with Gasteiger partial charge in [0.05, 0.1) is 12.4 Å². The van der Waals surface area contributed by atoms with E-state index in [2.05, 4.69) is 15.3 Å². The Morgan fingerprint density at radius 3 is 2.48 bits per heavy atom. The maximum Gasteiger partial charge on any atom is 0.246 e. The maximum absolute atomic E-state index is 12.7. The lowest BCUT2D eigenvalue weighted by Gasteiger charge is -2.40. The van der Waals surface area contributed by atoms with Crippen LogP contribution in [0.4, 0.5) is 5.95 Å². The molecule has 0 radical (unpaired) electrons. The number of fused-ring (bicyclic) bond motifs is 1. The second kappa shape index (κ2) is 5.88. The highest BCUT2D eigenvalue weighted by Crippen LogP contribution is 2.37. The number of nitrogens with one attached hydrogen (secondary N) is 1. The average molecular weight is 310 g/mol. The third-order valence-corrected chi connectivity index (χ3v) is 6.56. The minimum atomic E-state index is -3.46. The van der Waals surface area contributed by atoms with E-state index >= 15 is 0 Å². The van der Waals surface area contributed by atoms with Crippen LogP contribution in [0.15, 0.2) is 17.3 Å². The highest BCUT2D eigenvalue weighted by Gasteiger charge is 2.36. The average Bonchev–Trinajstić information content (AvgIpc) is 2.54. The Bertz CT molecular complexity index is 587. The molecule has 116 valence electrons. The number of anilines is 1. The molecule has 0 aromatic carbocycles. The molecule has 6 nitrogen and oxygen atoms in total. The van der Waals surface area contributed by atoms with E-state index in [1.807, 2.05) is 0 Å². The molecule has 2 aliphatic rings. The Kier molecular flexibility index (Phi) is 4.12. The molecule has 0 spiro atoms. The largest absolute Gasteiger partial charge is 0.357 e. The second-order valence-electron chi connectivity index (χ2n) is 5.95. The fourth-order valence-electron chi connectivity index (χ4n) is 3.51. The normalized spacial score (nSPS) is 27.1. The Balaban J connectivity index is 1.78. The summed E-state index contributed by atoms with van der Waals surface area (Å²) in [7, 11) is -1.75. The summed E-state index contributed by atoms with van der Waals surface area (Å²) in [5.74, 6) is 1.67. The summed E-state index contributed by atoms with van der Waals surface area (Å²) in [6.45, 7) is 1.28. The highest BCUT2D eigenvalue weighted by molar-refractivity contribution is 7.89. The first-order chi connectivity index (χ1) is 10.1. The van der Waals surface area contributed by atoms with Crippen molar-refractivity contribution in [3.8, 4) is 0 Å². The van der Waals surface area contributed by atoms with E-state index in [-0.39, 0.29) is 4.90 Å². The number of sulfonamides is 1. The van der Waals surface area contributed by atoms with Crippen LogP contribution in [0.25, 0.3) is 0 Å². The topological polar surface area (TPSA) is 75.2 Å². The Labute approximate surface area is 126 Å². The predicted molar refractivity (Wildman–Crippen MR) is 80.4 cm³/mol. The van der Waals surface area contributed by atoms with Gasteiger partial charge in [0, 0.05) is 20.1 Å². The minimum absolute atomic E-state index is 0.191. The van der Waals surface area contributed by atoms with E-state index in [4.69, 9.17) is 0 Å². The third kappa shape index (κ3) is 2.89. The fraction of sp³-hybridized carbons (Fsp3) is 0.714. The zero-order chi connectivity index (χ0) is 14.9. The standard InChI is InChI=1S/C14H22N4O2S/c1-15-14-16-8-13(9-17-14)21(19,20)18-7-6-11-4-2-3-5-12(11)10-18/h8-9,11-12H,2-7,10H2,1H3,(H,15,16,17). The summed E-state index contributed by atoms with van der Waals surface area (Å²) in [5.41, 5.74) is 0. The molecule has 1 saturated carbocycles. The number of piperidine rings is 1. The molecule has 0 amide bonds. The van der Waals surface area contributed by atoms with E-state index in [9.17, 15) is 8.42 Å². The number of rotatable bonds is 3. The van der Waals surface area contributed by atoms with Gasteiger partial charge >= 0.3 is 0 Å². The molecule has 1 aromatic heterocycles. The van der Waals surface area contributed by atoms with Crippen molar-refractivity contribution < 1.29 is 8.42 Å². The van der Waals surface area contributed by atoms with Crippen LogP contribution in [-0.2, 0) is 10.0 Å². The van der Waals surface area contributed by atoms with Crippen LogP contribution >= 0.6 is 0 Å². The van der Waals surface area contributed by atoms with Crippen LogP contribution in [0.3, 0.4) is 0 Å². The van der Waals surface area contributed by atoms with Gasteiger partial charge in [0.2, 0.25) is 16.0 Å². The van der Waals surface area contributed by atoms with Crippen LogP contribution in [-0.4, -0.2) is 42.8 Å². The van der Waals surface area contributed by atoms with Gasteiger partial charge in [-0.3, -0.25) is 0 Å². The summed E-state index contributed by atoms with van der Waals surface area (Å²) < 4.78 is 27.0. The van der Waals surface area contributed by atoms with Crippen molar-refractivity contribution >= 4 is 16.0 Å². The van der Waals surface area contributed by atoms with Gasteiger partial charge in [-0.05, 0) is 24.7 Å². The molecular weight excluding hydrogens is 288 g/mol. The highest BCUT2D eigenvalue weighted by atomic mass is 32.2. The molecule has 3 rings (SSSR count). The van der Waals surface area contributed by atoms with Gasteiger partial charge in [-0.25, -0.2) is 18.4 Å². The molecule has 2 fully saturated rings. The van der Waals surface area contributed by atoms with Crippen molar-refractivity contribution in [1.82, 2.24) is 14.3 Å².